The monoisotopic (exact) mass is 418 g/mol. The Morgan fingerprint density at radius 2 is 1.94 bits per heavy atom. The summed E-state index contributed by atoms with van der Waals surface area (Å²) >= 11 is 0. The Morgan fingerprint density at radius 3 is 2.74 bits per heavy atom. The van der Waals surface area contributed by atoms with Crippen LogP contribution < -0.4 is 11.5 Å². The fourth-order valence-corrected chi connectivity index (χ4v) is 3.95. The number of aryl methyl sites for hydroxylation is 2. The van der Waals surface area contributed by atoms with E-state index in [9.17, 15) is 4.79 Å². The molecule has 1 amide bonds. The number of para-hydroxylation sites is 1. The third-order valence-corrected chi connectivity index (χ3v) is 5.42. The summed E-state index contributed by atoms with van der Waals surface area (Å²) in [5.74, 6) is 0.920. The number of fused-ring (bicyclic) bond motifs is 3. The second-order valence-corrected chi connectivity index (χ2v) is 7.45. The van der Waals surface area contributed by atoms with Crippen molar-refractivity contribution in [2.24, 2.45) is 5.73 Å². The first-order chi connectivity index (χ1) is 15.1. The van der Waals surface area contributed by atoms with Gasteiger partial charge in [0.25, 0.3) is 5.91 Å². The zero-order chi connectivity index (χ0) is 21.8. The van der Waals surface area contributed by atoms with Crippen LogP contribution >= 0.6 is 0 Å². The Morgan fingerprint density at radius 1 is 1.10 bits per heavy atom. The van der Waals surface area contributed by atoms with E-state index in [1.54, 1.807) is 25.4 Å². The lowest BCUT2D eigenvalue weighted by atomic mass is 10.1. The van der Waals surface area contributed by atoms with Crippen LogP contribution in [-0.4, -0.2) is 39.1 Å². The van der Waals surface area contributed by atoms with Crippen molar-refractivity contribution in [1.29, 1.82) is 0 Å². The number of hydrogen-bond acceptors (Lipinski definition) is 6. The lowest BCUT2D eigenvalue weighted by Gasteiger charge is -2.11. The largest absolute Gasteiger partial charge is 0.384 e. The molecule has 3 aromatic heterocycles. The fraction of sp³-hybridized carbons (Fsp3) is 0.304. The van der Waals surface area contributed by atoms with Gasteiger partial charge in [-0.2, -0.15) is 0 Å². The predicted octanol–water partition coefficient (Wildman–Crippen LogP) is 2.87. The molecule has 31 heavy (non-hydrogen) atoms. The molecular formula is C23H26N6O2. The van der Waals surface area contributed by atoms with Crippen molar-refractivity contribution < 1.29 is 9.53 Å². The third kappa shape index (κ3) is 4.20. The van der Waals surface area contributed by atoms with Gasteiger partial charge in [0.1, 0.15) is 11.3 Å². The average molecular weight is 419 g/mol. The van der Waals surface area contributed by atoms with Crippen molar-refractivity contribution in [3.05, 3.63) is 59.7 Å². The highest BCUT2D eigenvalue weighted by atomic mass is 16.5. The van der Waals surface area contributed by atoms with Gasteiger partial charge in [-0.3, -0.25) is 9.78 Å². The first-order valence-corrected chi connectivity index (χ1v) is 10.4. The molecule has 4 aromatic rings. The van der Waals surface area contributed by atoms with Gasteiger partial charge in [-0.05, 0) is 37.5 Å². The number of carbonyl (C=O) groups is 1. The van der Waals surface area contributed by atoms with E-state index in [4.69, 9.17) is 21.2 Å². The smallest absolute Gasteiger partial charge is 0.250 e. The van der Waals surface area contributed by atoms with Crippen LogP contribution in [0.3, 0.4) is 0 Å². The zero-order valence-corrected chi connectivity index (χ0v) is 17.5. The number of anilines is 1. The van der Waals surface area contributed by atoms with E-state index in [-0.39, 0.29) is 0 Å². The second-order valence-electron chi connectivity index (χ2n) is 7.45. The summed E-state index contributed by atoms with van der Waals surface area (Å²) in [6.07, 6.45) is 4.81. The van der Waals surface area contributed by atoms with E-state index in [1.165, 1.54) is 0 Å². The molecule has 0 fully saturated rings. The number of unbranched alkanes of at least 4 members (excludes halogenated alkanes) is 1. The number of amides is 1. The Balaban J connectivity index is 1.62. The highest BCUT2D eigenvalue weighted by molar-refractivity contribution is 6.06. The van der Waals surface area contributed by atoms with Gasteiger partial charge in [0.15, 0.2) is 5.82 Å². The topological polar surface area (TPSA) is 122 Å². The molecule has 0 saturated heterocycles. The molecule has 8 heteroatoms. The highest BCUT2D eigenvalue weighted by Gasteiger charge is 2.17. The van der Waals surface area contributed by atoms with Gasteiger partial charge in [-0.1, -0.05) is 18.2 Å². The number of imidazole rings is 1. The maximum Gasteiger partial charge on any atom is 0.250 e. The van der Waals surface area contributed by atoms with Crippen LogP contribution in [0.4, 0.5) is 5.82 Å². The molecule has 0 saturated carbocycles. The molecule has 0 aliphatic rings. The number of ether oxygens (including phenoxy) is 1. The second kappa shape index (κ2) is 9.09. The molecular weight excluding hydrogens is 392 g/mol. The summed E-state index contributed by atoms with van der Waals surface area (Å²) in [5.41, 5.74) is 15.5. The van der Waals surface area contributed by atoms with Gasteiger partial charge in [0.05, 0.1) is 28.9 Å². The molecule has 0 atom stereocenters. The van der Waals surface area contributed by atoms with Crippen molar-refractivity contribution >= 4 is 33.7 Å². The summed E-state index contributed by atoms with van der Waals surface area (Å²) in [4.78, 5) is 25.3. The van der Waals surface area contributed by atoms with E-state index < -0.39 is 5.91 Å². The van der Waals surface area contributed by atoms with E-state index in [0.29, 0.717) is 30.8 Å². The van der Waals surface area contributed by atoms with Crippen LogP contribution in [0.1, 0.15) is 34.7 Å². The lowest BCUT2D eigenvalue weighted by molar-refractivity contribution is 0.0999. The molecule has 0 spiro atoms. The number of hydrogen-bond donors (Lipinski definition) is 2. The average Bonchev–Trinajstić information content (AvgIpc) is 3.15. The quantitative estimate of drug-likeness (QED) is 0.403. The van der Waals surface area contributed by atoms with Crippen molar-refractivity contribution in [3.63, 3.8) is 0 Å². The van der Waals surface area contributed by atoms with Crippen molar-refractivity contribution in [3.8, 4) is 0 Å². The number of carbonyl (C=O) groups excluding carboxylic acids is 1. The van der Waals surface area contributed by atoms with Crippen LogP contribution in [-0.2, 0) is 24.1 Å². The van der Waals surface area contributed by atoms with Crippen molar-refractivity contribution in [2.75, 3.05) is 19.5 Å². The predicted molar refractivity (Wildman–Crippen MR) is 121 cm³/mol. The molecule has 4 rings (SSSR count). The summed E-state index contributed by atoms with van der Waals surface area (Å²) < 4.78 is 7.51. The van der Waals surface area contributed by atoms with E-state index in [0.717, 1.165) is 52.8 Å². The SMILES string of the molecule is COCCc1nc2c(N)nc3ccccc3c2n1CCCCc1ncccc1C(N)=O. The Bertz CT molecular complexity index is 1230. The van der Waals surface area contributed by atoms with Gasteiger partial charge in [-0.15, -0.1) is 0 Å². The Labute approximate surface area is 180 Å². The molecule has 1 aromatic carbocycles. The molecule has 8 nitrogen and oxygen atoms in total. The number of rotatable bonds is 9. The molecule has 0 radical (unpaired) electrons. The van der Waals surface area contributed by atoms with Gasteiger partial charge in [0, 0.05) is 31.7 Å². The molecule has 0 aliphatic carbocycles. The molecule has 0 bridgehead atoms. The number of primary amides is 1. The number of nitrogens with two attached hydrogens (primary N) is 2. The number of pyridine rings is 2. The first-order valence-electron chi connectivity index (χ1n) is 10.4. The first kappa shape index (κ1) is 20.7. The van der Waals surface area contributed by atoms with Crippen LogP contribution in [0.15, 0.2) is 42.6 Å². The van der Waals surface area contributed by atoms with Gasteiger partial charge >= 0.3 is 0 Å². The van der Waals surface area contributed by atoms with Crippen molar-refractivity contribution in [1.82, 2.24) is 19.5 Å². The third-order valence-electron chi connectivity index (χ3n) is 5.42. The summed E-state index contributed by atoms with van der Waals surface area (Å²) in [6, 6.07) is 11.4. The van der Waals surface area contributed by atoms with E-state index >= 15 is 0 Å². The molecule has 160 valence electrons. The minimum Gasteiger partial charge on any atom is -0.384 e. The lowest BCUT2D eigenvalue weighted by Crippen LogP contribution is -2.14. The summed E-state index contributed by atoms with van der Waals surface area (Å²) in [7, 11) is 1.68. The van der Waals surface area contributed by atoms with Crippen LogP contribution in [0.2, 0.25) is 0 Å². The fourth-order valence-electron chi connectivity index (χ4n) is 3.95. The molecule has 0 unspecified atom stereocenters. The van der Waals surface area contributed by atoms with Crippen LogP contribution in [0.25, 0.3) is 21.9 Å². The number of benzene rings is 1. The number of nitrogens with zero attached hydrogens (tertiary/aromatic N) is 4. The Kier molecular flexibility index (Phi) is 6.08. The minimum atomic E-state index is -0.444. The minimum absolute atomic E-state index is 0.436. The number of methoxy groups -OCH3 is 1. The molecule has 0 aliphatic heterocycles. The summed E-state index contributed by atoms with van der Waals surface area (Å²) in [5, 5.41) is 1.03. The van der Waals surface area contributed by atoms with Gasteiger partial charge in [0.2, 0.25) is 0 Å². The van der Waals surface area contributed by atoms with E-state index in [2.05, 4.69) is 20.6 Å². The zero-order valence-electron chi connectivity index (χ0n) is 17.5. The van der Waals surface area contributed by atoms with Gasteiger partial charge < -0.3 is 20.8 Å². The molecule has 4 N–H and O–H groups in total. The van der Waals surface area contributed by atoms with Crippen LogP contribution in [0, 0.1) is 0 Å². The Hall–Kier alpha value is -3.52. The van der Waals surface area contributed by atoms with Crippen LogP contribution in [0.5, 0.6) is 0 Å². The van der Waals surface area contributed by atoms with E-state index in [1.807, 2.05) is 18.2 Å². The normalized spacial score (nSPS) is 11.4. The maximum absolute atomic E-state index is 11.6. The van der Waals surface area contributed by atoms with Crippen molar-refractivity contribution in [2.45, 2.75) is 32.2 Å². The maximum atomic E-state index is 11.6. The summed E-state index contributed by atoms with van der Waals surface area (Å²) in [6.45, 7) is 1.34. The number of aromatic nitrogens is 4. The number of nitrogen functional groups attached to an aromatic ring is 1. The highest BCUT2D eigenvalue weighted by Crippen LogP contribution is 2.29. The molecule has 3 heterocycles. The van der Waals surface area contributed by atoms with Gasteiger partial charge in [-0.25, -0.2) is 9.97 Å². The standard InChI is InChI=1S/C23H26N6O2/c1-31-14-11-19-28-20-21(15-7-2-3-10-18(15)27-22(20)24)29(19)13-5-4-9-17-16(23(25)30)8-6-12-26-17/h2-3,6-8,10,12H,4-5,9,11,13-14H2,1H3,(H2,24,27)(H2,25,30).